The molecule has 2 saturated heterocycles. The van der Waals surface area contributed by atoms with E-state index in [9.17, 15) is 13.2 Å². The van der Waals surface area contributed by atoms with Crippen molar-refractivity contribution < 1.29 is 27.5 Å². The normalized spacial score (nSPS) is 25.4. The summed E-state index contributed by atoms with van der Waals surface area (Å²) in [5, 5.41) is 1.06. The zero-order valence-electron chi connectivity index (χ0n) is 31.3. The Morgan fingerprint density at radius 2 is 1.70 bits per heavy atom. The average Bonchev–Trinajstić information content (AvgIpc) is 3.84. The Morgan fingerprint density at radius 1 is 0.963 bits per heavy atom. The number of carbonyl (C=O) groups is 2. The Kier molecular flexibility index (Phi) is 8.87. The number of nitrogens with zero attached hydrogens (tertiary/aromatic N) is 4. The molecule has 4 atom stereocenters. The van der Waals surface area contributed by atoms with E-state index in [1.165, 1.54) is 31.6 Å². The monoisotopic (exact) mass is 751 g/mol. The molecule has 11 nitrogen and oxygen atoms in total. The van der Waals surface area contributed by atoms with E-state index in [1.54, 1.807) is 13.2 Å². The molecule has 4 aromatic rings. The van der Waals surface area contributed by atoms with Crippen LogP contribution >= 0.6 is 0 Å². The lowest BCUT2D eigenvalue weighted by atomic mass is 9.81. The molecule has 3 aliphatic heterocycles. The van der Waals surface area contributed by atoms with Crippen LogP contribution in [0, 0.1) is 5.41 Å². The van der Waals surface area contributed by atoms with E-state index in [0.29, 0.717) is 38.8 Å². The standard InChI is InChI=1S/C42H49N5O6S/c1-44(2)54(50,51)43-40(48)29-14-16-34-37(18-29)47-26-42(41(49)45-22-30-24-53-25-31(23-45)46(30)21-27-10-6-4-7-11-27)20-36(42)35-19-32(52-3)15-17-33(35)39(47)38(34)28-12-8-5-9-13-28/h4,6-7,10-11,14-19,28,30-31,36H,5,8-9,12-13,20-26H2,1-3H3,(H,43,48). The SMILES string of the molecule is COc1ccc2c(c1)C1CC1(C(=O)N1CC3COCC(C1)N3Cc1ccccc1)Cn1c-2c(C2CCCCC2)c2ccc(C(=O)NS(=O)(=O)N(C)C)cc21. The van der Waals surface area contributed by atoms with Gasteiger partial charge in [0.25, 0.3) is 5.91 Å². The summed E-state index contributed by atoms with van der Waals surface area (Å²) in [5.41, 5.74) is 6.35. The van der Waals surface area contributed by atoms with Gasteiger partial charge in [-0.25, -0.2) is 4.72 Å². The van der Waals surface area contributed by atoms with E-state index < -0.39 is 21.5 Å². The van der Waals surface area contributed by atoms with Crippen molar-refractivity contribution in [2.75, 3.05) is 47.5 Å². The molecular weight excluding hydrogens is 703 g/mol. The lowest BCUT2D eigenvalue weighted by molar-refractivity contribution is -0.152. The smallest absolute Gasteiger partial charge is 0.303 e. The fourth-order valence-electron chi connectivity index (χ4n) is 9.95. The van der Waals surface area contributed by atoms with Crippen molar-refractivity contribution in [2.45, 2.75) is 75.5 Å². The Morgan fingerprint density at radius 3 is 2.41 bits per heavy atom. The molecule has 12 heteroatoms. The number of piperazine rings is 1. The van der Waals surface area contributed by atoms with Crippen LogP contribution in [0.3, 0.4) is 0 Å². The topological polar surface area (TPSA) is 113 Å². The second-order valence-electron chi connectivity index (χ2n) is 16.2. The first-order valence-electron chi connectivity index (χ1n) is 19.3. The van der Waals surface area contributed by atoms with Gasteiger partial charge in [0.05, 0.1) is 43.5 Å². The fraction of sp³-hybridized carbons (Fsp3) is 0.476. The van der Waals surface area contributed by atoms with E-state index in [1.807, 2.05) is 24.3 Å². The summed E-state index contributed by atoms with van der Waals surface area (Å²) in [6, 6.07) is 22.6. The van der Waals surface area contributed by atoms with Gasteiger partial charge in [0.15, 0.2) is 0 Å². The largest absolute Gasteiger partial charge is 0.497 e. The highest BCUT2D eigenvalue weighted by Crippen LogP contribution is 2.66. The number of benzene rings is 3. The first-order chi connectivity index (χ1) is 26.1. The molecule has 0 spiro atoms. The lowest BCUT2D eigenvalue weighted by Gasteiger charge is -2.50. The number of amides is 2. The van der Waals surface area contributed by atoms with Crippen molar-refractivity contribution in [3.63, 3.8) is 0 Å². The minimum Gasteiger partial charge on any atom is -0.497 e. The number of fused-ring (bicyclic) bond motifs is 9. The second kappa shape index (κ2) is 13.5. The first kappa shape index (κ1) is 35.5. The summed E-state index contributed by atoms with van der Waals surface area (Å²) in [6.45, 7) is 3.71. The molecule has 2 aliphatic carbocycles. The molecule has 2 amide bonds. The van der Waals surface area contributed by atoms with Crippen molar-refractivity contribution in [1.82, 2.24) is 23.4 Å². The van der Waals surface area contributed by atoms with Crippen molar-refractivity contribution >= 4 is 32.9 Å². The van der Waals surface area contributed by atoms with Crippen molar-refractivity contribution in [1.29, 1.82) is 0 Å². The van der Waals surface area contributed by atoms with Crippen molar-refractivity contribution in [3.05, 3.63) is 89.0 Å². The highest BCUT2D eigenvalue weighted by Gasteiger charge is 2.64. The molecule has 9 rings (SSSR count). The predicted octanol–water partition coefficient (Wildman–Crippen LogP) is 5.50. The Labute approximate surface area is 317 Å². The molecular formula is C42H49N5O6S. The predicted molar refractivity (Wildman–Crippen MR) is 207 cm³/mol. The zero-order valence-corrected chi connectivity index (χ0v) is 32.1. The van der Waals surface area contributed by atoms with Gasteiger partial charge in [-0.05, 0) is 72.2 Å². The number of carbonyl (C=O) groups excluding carboxylic acids is 2. The average molecular weight is 752 g/mol. The molecule has 4 unspecified atom stereocenters. The molecule has 0 radical (unpaired) electrons. The van der Waals surface area contributed by atoms with Crippen LogP contribution in [0.15, 0.2) is 66.7 Å². The summed E-state index contributed by atoms with van der Waals surface area (Å²) in [7, 11) is 0.474. The van der Waals surface area contributed by atoms with E-state index in [0.717, 1.165) is 76.4 Å². The van der Waals surface area contributed by atoms with Crippen LogP contribution in [-0.4, -0.2) is 98.5 Å². The number of rotatable bonds is 8. The van der Waals surface area contributed by atoms with Gasteiger partial charge in [-0.3, -0.25) is 14.5 Å². The zero-order chi connectivity index (χ0) is 37.4. The quantitative estimate of drug-likeness (QED) is 0.253. The van der Waals surface area contributed by atoms with Crippen LogP contribution < -0.4 is 9.46 Å². The molecule has 5 aliphatic rings. The van der Waals surface area contributed by atoms with Gasteiger partial charge in [0, 0.05) is 68.2 Å². The number of aromatic nitrogens is 1. The molecule has 3 aromatic carbocycles. The highest BCUT2D eigenvalue weighted by molar-refractivity contribution is 7.87. The minimum absolute atomic E-state index is 0.0133. The molecule has 2 saturated carbocycles. The van der Waals surface area contributed by atoms with Gasteiger partial charge in [-0.15, -0.1) is 0 Å². The number of morpholine rings is 1. The van der Waals surface area contributed by atoms with Gasteiger partial charge in [-0.1, -0.05) is 55.7 Å². The molecule has 1 aromatic heterocycles. The minimum atomic E-state index is -3.99. The summed E-state index contributed by atoms with van der Waals surface area (Å²) in [6.07, 6.45) is 6.40. The third-order valence-electron chi connectivity index (χ3n) is 12.8. The van der Waals surface area contributed by atoms with Crippen LogP contribution in [0.2, 0.25) is 0 Å². The maximum absolute atomic E-state index is 15.3. The molecule has 4 fully saturated rings. The third kappa shape index (κ3) is 5.93. The maximum Gasteiger partial charge on any atom is 0.303 e. The van der Waals surface area contributed by atoms with Crippen molar-refractivity contribution in [3.8, 4) is 17.0 Å². The summed E-state index contributed by atoms with van der Waals surface area (Å²) in [5.74, 6) is 0.612. The van der Waals surface area contributed by atoms with Crippen LogP contribution in [-0.2, 0) is 32.8 Å². The Hall–Kier alpha value is -4.23. The van der Waals surface area contributed by atoms with Crippen molar-refractivity contribution in [2.24, 2.45) is 5.41 Å². The van der Waals surface area contributed by atoms with Gasteiger partial charge >= 0.3 is 10.2 Å². The van der Waals surface area contributed by atoms with Gasteiger partial charge < -0.3 is 18.9 Å². The van der Waals surface area contributed by atoms with E-state index >= 15 is 4.79 Å². The van der Waals surface area contributed by atoms with Gasteiger partial charge in [0.2, 0.25) is 5.91 Å². The highest BCUT2D eigenvalue weighted by atomic mass is 32.2. The number of methoxy groups -OCH3 is 1. The Balaban J connectivity index is 1.14. The number of hydrogen-bond acceptors (Lipinski definition) is 7. The molecule has 284 valence electrons. The second-order valence-corrected chi connectivity index (χ2v) is 18.1. The maximum atomic E-state index is 15.3. The van der Waals surface area contributed by atoms with Crippen LogP contribution in [0.25, 0.3) is 22.2 Å². The first-order valence-corrected chi connectivity index (χ1v) is 20.8. The molecule has 4 heterocycles. The number of ether oxygens (including phenoxy) is 2. The number of nitrogens with one attached hydrogen (secondary N) is 1. The van der Waals surface area contributed by atoms with E-state index in [2.05, 4.69) is 55.5 Å². The summed E-state index contributed by atoms with van der Waals surface area (Å²) >= 11 is 0. The van der Waals surface area contributed by atoms with Crippen LogP contribution in [0.5, 0.6) is 5.75 Å². The molecule has 2 bridgehead atoms. The third-order valence-corrected chi connectivity index (χ3v) is 14.2. The summed E-state index contributed by atoms with van der Waals surface area (Å²) in [4.78, 5) is 33.4. The number of hydrogen-bond donors (Lipinski definition) is 1. The lowest BCUT2D eigenvalue weighted by Crippen LogP contribution is -2.65. The van der Waals surface area contributed by atoms with E-state index in [-0.39, 0.29) is 29.5 Å². The van der Waals surface area contributed by atoms with Crippen LogP contribution in [0.1, 0.15) is 77.4 Å². The summed E-state index contributed by atoms with van der Waals surface area (Å²) < 4.78 is 42.7. The molecule has 54 heavy (non-hydrogen) atoms. The van der Waals surface area contributed by atoms with Gasteiger partial charge in [-0.2, -0.15) is 12.7 Å². The van der Waals surface area contributed by atoms with Gasteiger partial charge in [0.1, 0.15) is 5.75 Å². The Bertz CT molecular complexity index is 2220. The van der Waals surface area contributed by atoms with E-state index in [4.69, 9.17) is 9.47 Å². The van der Waals surface area contributed by atoms with Crippen LogP contribution in [0.4, 0.5) is 0 Å². The fourth-order valence-corrected chi connectivity index (χ4v) is 10.5. The molecule has 1 N–H and O–H groups in total.